The Labute approximate surface area is 127 Å². The zero-order valence-electron chi connectivity index (χ0n) is 11.3. The highest BCUT2D eigenvalue weighted by atomic mass is 35.5. The maximum atomic E-state index is 3.43. The van der Waals surface area contributed by atoms with Gasteiger partial charge in [-0.15, -0.1) is 36.2 Å². The van der Waals surface area contributed by atoms with E-state index in [1.54, 1.807) is 0 Å². The number of hydrogen-bond donors (Lipinski definition) is 1. The van der Waals surface area contributed by atoms with Gasteiger partial charge in [0.1, 0.15) is 0 Å². The van der Waals surface area contributed by atoms with Crippen molar-refractivity contribution in [1.29, 1.82) is 0 Å². The minimum Gasteiger partial charge on any atom is -0.314 e. The van der Waals surface area contributed by atoms with Gasteiger partial charge in [-0.3, -0.25) is 4.90 Å². The van der Waals surface area contributed by atoms with E-state index in [0.29, 0.717) is 11.5 Å². The summed E-state index contributed by atoms with van der Waals surface area (Å²) in [7, 11) is 0. The molecule has 0 aromatic carbocycles. The topological polar surface area (TPSA) is 15.3 Å². The SMILES string of the molecule is CC(C)(C)[C@@H](c1cccs1)N1CCNCC1.Cl.Cl. The summed E-state index contributed by atoms with van der Waals surface area (Å²) in [6.07, 6.45) is 0. The molecule has 0 unspecified atom stereocenters. The predicted molar refractivity (Wildman–Crippen MR) is 85.5 cm³/mol. The van der Waals surface area contributed by atoms with Gasteiger partial charge in [0, 0.05) is 37.1 Å². The second-order valence-electron chi connectivity index (χ2n) is 5.57. The molecular formula is C13H24Cl2N2S. The number of piperazine rings is 1. The van der Waals surface area contributed by atoms with Crippen LogP contribution in [0.3, 0.4) is 0 Å². The van der Waals surface area contributed by atoms with Gasteiger partial charge in [0.15, 0.2) is 0 Å². The molecule has 1 aromatic heterocycles. The fourth-order valence-corrected chi connectivity index (χ4v) is 3.64. The van der Waals surface area contributed by atoms with E-state index in [4.69, 9.17) is 0 Å². The molecule has 106 valence electrons. The molecule has 0 radical (unpaired) electrons. The van der Waals surface area contributed by atoms with Crippen LogP contribution in [0.15, 0.2) is 17.5 Å². The Morgan fingerprint density at radius 1 is 1.22 bits per heavy atom. The molecule has 2 heterocycles. The second-order valence-corrected chi connectivity index (χ2v) is 6.55. The number of hydrogen-bond acceptors (Lipinski definition) is 3. The Hall–Kier alpha value is 0.200. The summed E-state index contributed by atoms with van der Waals surface area (Å²) < 4.78 is 0. The molecule has 0 bridgehead atoms. The third-order valence-corrected chi connectivity index (χ3v) is 4.07. The Morgan fingerprint density at radius 3 is 2.28 bits per heavy atom. The van der Waals surface area contributed by atoms with E-state index in [0.717, 1.165) is 13.1 Å². The molecule has 1 N–H and O–H groups in total. The third kappa shape index (κ3) is 4.39. The van der Waals surface area contributed by atoms with Crippen LogP contribution < -0.4 is 5.32 Å². The summed E-state index contributed by atoms with van der Waals surface area (Å²) in [5.41, 5.74) is 0.308. The molecule has 2 rings (SSSR count). The lowest BCUT2D eigenvalue weighted by atomic mass is 9.84. The molecule has 0 saturated carbocycles. The third-order valence-electron chi connectivity index (χ3n) is 3.15. The molecule has 0 aliphatic carbocycles. The van der Waals surface area contributed by atoms with Crippen LogP contribution in [0.1, 0.15) is 31.7 Å². The molecule has 2 nitrogen and oxygen atoms in total. The van der Waals surface area contributed by atoms with Crippen molar-refractivity contribution in [3.8, 4) is 0 Å². The lowest BCUT2D eigenvalue weighted by Gasteiger charge is -2.41. The fraction of sp³-hybridized carbons (Fsp3) is 0.692. The lowest BCUT2D eigenvalue weighted by molar-refractivity contribution is 0.0888. The lowest BCUT2D eigenvalue weighted by Crippen LogP contribution is -2.48. The van der Waals surface area contributed by atoms with E-state index >= 15 is 0 Å². The van der Waals surface area contributed by atoms with Gasteiger partial charge in [-0.25, -0.2) is 0 Å². The van der Waals surface area contributed by atoms with E-state index in [1.165, 1.54) is 18.0 Å². The maximum Gasteiger partial charge on any atom is 0.0490 e. The average molecular weight is 311 g/mol. The first-order valence-corrected chi connectivity index (χ1v) is 6.95. The van der Waals surface area contributed by atoms with Crippen molar-refractivity contribution in [2.45, 2.75) is 26.8 Å². The van der Waals surface area contributed by atoms with Gasteiger partial charge in [-0.2, -0.15) is 0 Å². The summed E-state index contributed by atoms with van der Waals surface area (Å²) in [5.74, 6) is 0. The molecule has 1 aliphatic rings. The molecule has 1 fully saturated rings. The first-order valence-electron chi connectivity index (χ1n) is 6.07. The van der Waals surface area contributed by atoms with Gasteiger partial charge in [-0.1, -0.05) is 26.8 Å². The molecule has 18 heavy (non-hydrogen) atoms. The van der Waals surface area contributed by atoms with Crippen LogP contribution >= 0.6 is 36.2 Å². The van der Waals surface area contributed by atoms with E-state index < -0.39 is 0 Å². The van der Waals surface area contributed by atoms with E-state index in [-0.39, 0.29) is 24.8 Å². The number of rotatable bonds is 2. The first-order chi connectivity index (χ1) is 7.59. The molecule has 1 aromatic rings. The standard InChI is InChI=1S/C13H22N2S.2ClH/c1-13(2,3)12(11-5-4-10-16-11)15-8-6-14-7-9-15;;/h4-5,10,12,14H,6-9H2,1-3H3;2*1H/t12-;;/m1../s1. The molecule has 1 saturated heterocycles. The predicted octanol–water partition coefficient (Wildman–Crippen LogP) is 3.58. The Morgan fingerprint density at radius 2 is 1.83 bits per heavy atom. The minimum atomic E-state index is 0. The smallest absolute Gasteiger partial charge is 0.0490 e. The number of halogens is 2. The molecule has 0 spiro atoms. The average Bonchev–Trinajstić information content (AvgIpc) is 2.71. The van der Waals surface area contributed by atoms with Crippen molar-refractivity contribution in [1.82, 2.24) is 10.2 Å². The van der Waals surface area contributed by atoms with Crippen molar-refractivity contribution in [3.63, 3.8) is 0 Å². The van der Waals surface area contributed by atoms with Crippen molar-refractivity contribution in [2.75, 3.05) is 26.2 Å². The Kier molecular flexibility index (Phi) is 7.79. The van der Waals surface area contributed by atoms with Crippen molar-refractivity contribution < 1.29 is 0 Å². The van der Waals surface area contributed by atoms with E-state index in [2.05, 4.69) is 48.5 Å². The van der Waals surface area contributed by atoms with Gasteiger partial charge in [0.2, 0.25) is 0 Å². The molecule has 1 atom stereocenters. The molecule has 1 aliphatic heterocycles. The minimum absolute atomic E-state index is 0. The summed E-state index contributed by atoms with van der Waals surface area (Å²) in [6, 6.07) is 5.01. The van der Waals surface area contributed by atoms with Crippen molar-refractivity contribution in [2.24, 2.45) is 5.41 Å². The quantitative estimate of drug-likeness (QED) is 0.898. The van der Waals surface area contributed by atoms with Crippen molar-refractivity contribution in [3.05, 3.63) is 22.4 Å². The molecule has 5 heteroatoms. The van der Waals surface area contributed by atoms with Crippen molar-refractivity contribution >= 4 is 36.2 Å². The summed E-state index contributed by atoms with van der Waals surface area (Å²) in [4.78, 5) is 4.14. The summed E-state index contributed by atoms with van der Waals surface area (Å²) in [6.45, 7) is 11.6. The van der Waals surface area contributed by atoms with E-state index in [9.17, 15) is 0 Å². The van der Waals surface area contributed by atoms with Crippen LogP contribution in [0.2, 0.25) is 0 Å². The van der Waals surface area contributed by atoms with Crippen LogP contribution in [0, 0.1) is 5.41 Å². The van der Waals surface area contributed by atoms with Gasteiger partial charge in [-0.05, 0) is 16.9 Å². The highest BCUT2D eigenvalue weighted by molar-refractivity contribution is 7.10. The zero-order chi connectivity index (χ0) is 11.6. The summed E-state index contributed by atoms with van der Waals surface area (Å²) >= 11 is 1.89. The summed E-state index contributed by atoms with van der Waals surface area (Å²) in [5, 5.41) is 5.62. The zero-order valence-corrected chi connectivity index (χ0v) is 13.8. The van der Waals surface area contributed by atoms with Gasteiger partial charge < -0.3 is 5.32 Å². The van der Waals surface area contributed by atoms with Gasteiger partial charge in [0.05, 0.1) is 0 Å². The van der Waals surface area contributed by atoms with Crippen LogP contribution in [-0.2, 0) is 0 Å². The van der Waals surface area contributed by atoms with Gasteiger partial charge >= 0.3 is 0 Å². The Balaban J connectivity index is 0.00000144. The van der Waals surface area contributed by atoms with Crippen LogP contribution in [0.25, 0.3) is 0 Å². The molecular weight excluding hydrogens is 287 g/mol. The monoisotopic (exact) mass is 310 g/mol. The number of thiophene rings is 1. The normalized spacial score (nSPS) is 18.6. The molecule has 0 amide bonds. The Bertz CT molecular complexity index is 316. The number of nitrogens with one attached hydrogen (secondary N) is 1. The van der Waals surface area contributed by atoms with Crippen LogP contribution in [-0.4, -0.2) is 31.1 Å². The largest absolute Gasteiger partial charge is 0.314 e. The van der Waals surface area contributed by atoms with Gasteiger partial charge in [0.25, 0.3) is 0 Å². The number of nitrogens with zero attached hydrogens (tertiary/aromatic N) is 1. The second kappa shape index (κ2) is 7.71. The fourth-order valence-electron chi connectivity index (χ4n) is 2.54. The van der Waals surface area contributed by atoms with Crippen LogP contribution in [0.5, 0.6) is 0 Å². The van der Waals surface area contributed by atoms with E-state index in [1.807, 2.05) is 11.3 Å². The van der Waals surface area contributed by atoms with Crippen LogP contribution in [0.4, 0.5) is 0 Å². The first kappa shape index (κ1) is 18.2. The maximum absolute atomic E-state index is 3.43. The highest BCUT2D eigenvalue weighted by Gasteiger charge is 2.32. The highest BCUT2D eigenvalue weighted by Crippen LogP contribution is 2.39.